The van der Waals surface area contributed by atoms with Gasteiger partial charge in [-0.15, -0.1) is 0 Å². The molecule has 2 aromatic rings. The first-order chi connectivity index (χ1) is 9.22. The Kier molecular flexibility index (Phi) is 3.13. The van der Waals surface area contributed by atoms with Crippen LogP contribution in [0.5, 0.6) is 0 Å². The van der Waals surface area contributed by atoms with Gasteiger partial charge < -0.3 is 5.73 Å². The van der Waals surface area contributed by atoms with Gasteiger partial charge in [-0.25, -0.2) is 0 Å². The predicted molar refractivity (Wildman–Crippen MR) is 77.8 cm³/mol. The van der Waals surface area contributed by atoms with Crippen molar-refractivity contribution in [1.82, 2.24) is 10.2 Å². The molecule has 19 heavy (non-hydrogen) atoms. The highest BCUT2D eigenvalue weighted by molar-refractivity contribution is 6.30. The van der Waals surface area contributed by atoms with Crippen molar-refractivity contribution in [2.45, 2.75) is 12.3 Å². The highest BCUT2D eigenvalue weighted by Gasteiger charge is 2.13. The van der Waals surface area contributed by atoms with Gasteiger partial charge in [-0.1, -0.05) is 35.9 Å². The average molecular weight is 272 g/mol. The van der Waals surface area contributed by atoms with Crippen molar-refractivity contribution in [2.24, 2.45) is 5.73 Å². The summed E-state index contributed by atoms with van der Waals surface area (Å²) in [5.41, 5.74) is 9.64. The standard InChI is InChI=1S/C15H14ClN3/c16-12-5-1-10(2-6-12)14-9-15(19-18-14)11-3-7-13(17)8-4-11/h1-3,5-9,11H,4,17H2,(H,18,19). The van der Waals surface area contributed by atoms with Crippen LogP contribution in [0.3, 0.4) is 0 Å². The zero-order chi connectivity index (χ0) is 13.2. The molecule has 1 aliphatic rings. The Balaban J connectivity index is 1.84. The fourth-order valence-corrected chi connectivity index (χ4v) is 2.29. The fraction of sp³-hybridized carbons (Fsp3) is 0.133. The molecule has 0 bridgehead atoms. The molecule has 0 fully saturated rings. The first-order valence-electron chi connectivity index (χ1n) is 6.17. The number of hydrogen-bond donors (Lipinski definition) is 2. The van der Waals surface area contributed by atoms with Crippen LogP contribution in [0.1, 0.15) is 18.0 Å². The van der Waals surface area contributed by atoms with Gasteiger partial charge in [0, 0.05) is 27.9 Å². The third-order valence-corrected chi connectivity index (χ3v) is 3.52. The number of allylic oxidation sites excluding steroid dienone is 3. The molecule has 1 aromatic heterocycles. The normalized spacial score (nSPS) is 18.4. The SMILES string of the molecule is NC1=CCC(c2cc(-c3ccc(Cl)cc3)n[nH]2)C=C1. The highest BCUT2D eigenvalue weighted by atomic mass is 35.5. The molecule has 96 valence electrons. The van der Waals surface area contributed by atoms with E-state index < -0.39 is 0 Å². The molecule has 1 heterocycles. The Morgan fingerprint density at radius 2 is 2.05 bits per heavy atom. The van der Waals surface area contributed by atoms with E-state index in [0.29, 0.717) is 5.92 Å². The first-order valence-corrected chi connectivity index (χ1v) is 6.55. The molecule has 1 aliphatic carbocycles. The molecule has 1 aromatic carbocycles. The van der Waals surface area contributed by atoms with Gasteiger partial charge in [0.05, 0.1) is 5.69 Å². The number of nitrogens with one attached hydrogen (secondary N) is 1. The minimum atomic E-state index is 0.320. The molecular weight excluding hydrogens is 258 g/mol. The summed E-state index contributed by atoms with van der Waals surface area (Å²) < 4.78 is 0. The van der Waals surface area contributed by atoms with Crippen LogP contribution in [0.25, 0.3) is 11.3 Å². The number of nitrogens with zero attached hydrogens (tertiary/aromatic N) is 1. The number of rotatable bonds is 2. The minimum absolute atomic E-state index is 0.320. The van der Waals surface area contributed by atoms with E-state index in [9.17, 15) is 0 Å². The maximum Gasteiger partial charge on any atom is 0.0923 e. The van der Waals surface area contributed by atoms with Crippen molar-refractivity contribution in [3.63, 3.8) is 0 Å². The highest BCUT2D eigenvalue weighted by Crippen LogP contribution is 2.27. The average Bonchev–Trinajstić information content (AvgIpc) is 2.90. The van der Waals surface area contributed by atoms with Crippen LogP contribution in [0.2, 0.25) is 5.02 Å². The zero-order valence-corrected chi connectivity index (χ0v) is 11.1. The molecule has 1 unspecified atom stereocenters. The summed E-state index contributed by atoms with van der Waals surface area (Å²) in [5.74, 6) is 0.320. The molecule has 0 saturated carbocycles. The monoisotopic (exact) mass is 271 g/mol. The number of hydrogen-bond acceptors (Lipinski definition) is 2. The maximum absolute atomic E-state index is 5.88. The third-order valence-electron chi connectivity index (χ3n) is 3.27. The summed E-state index contributed by atoms with van der Waals surface area (Å²) in [6.07, 6.45) is 6.99. The lowest BCUT2D eigenvalue weighted by Crippen LogP contribution is -2.03. The molecule has 3 N–H and O–H groups in total. The van der Waals surface area contributed by atoms with Gasteiger partial charge in [-0.05, 0) is 30.7 Å². The van der Waals surface area contributed by atoms with Crippen LogP contribution in [0, 0.1) is 0 Å². The van der Waals surface area contributed by atoms with Crippen molar-refractivity contribution in [3.8, 4) is 11.3 Å². The number of H-pyrrole nitrogens is 1. The van der Waals surface area contributed by atoms with Crippen molar-refractivity contribution in [1.29, 1.82) is 0 Å². The molecule has 3 nitrogen and oxygen atoms in total. The summed E-state index contributed by atoms with van der Waals surface area (Å²) in [4.78, 5) is 0. The Hall–Kier alpha value is -2.00. The van der Waals surface area contributed by atoms with Crippen LogP contribution in [0.4, 0.5) is 0 Å². The summed E-state index contributed by atoms with van der Waals surface area (Å²) >= 11 is 5.88. The quantitative estimate of drug-likeness (QED) is 0.877. The van der Waals surface area contributed by atoms with Gasteiger partial charge in [-0.3, -0.25) is 5.10 Å². The lowest BCUT2D eigenvalue weighted by atomic mass is 9.96. The van der Waals surface area contributed by atoms with Crippen molar-refractivity contribution >= 4 is 11.6 Å². The summed E-state index contributed by atoms with van der Waals surface area (Å²) in [6.45, 7) is 0. The molecule has 0 radical (unpaired) electrons. The third kappa shape index (κ3) is 2.56. The molecular formula is C15H14ClN3. The van der Waals surface area contributed by atoms with Gasteiger partial charge in [-0.2, -0.15) is 5.10 Å². The van der Waals surface area contributed by atoms with Gasteiger partial charge >= 0.3 is 0 Å². The molecule has 0 aliphatic heterocycles. The van der Waals surface area contributed by atoms with Gasteiger partial charge in [0.2, 0.25) is 0 Å². The molecule has 3 rings (SSSR count). The number of nitrogens with two attached hydrogens (primary N) is 1. The van der Waals surface area contributed by atoms with E-state index in [1.807, 2.05) is 36.4 Å². The van der Waals surface area contributed by atoms with E-state index >= 15 is 0 Å². The smallest absolute Gasteiger partial charge is 0.0923 e. The number of benzene rings is 1. The van der Waals surface area contributed by atoms with E-state index in [1.54, 1.807) is 0 Å². The lowest BCUT2D eigenvalue weighted by Gasteiger charge is -2.12. The minimum Gasteiger partial charge on any atom is -0.399 e. The van der Waals surface area contributed by atoms with Gasteiger partial charge in [0.15, 0.2) is 0 Å². The second-order valence-corrected chi connectivity index (χ2v) is 5.06. The molecule has 4 heteroatoms. The Morgan fingerprint density at radius 3 is 2.74 bits per heavy atom. The van der Waals surface area contributed by atoms with Gasteiger partial charge in [0.25, 0.3) is 0 Å². The Morgan fingerprint density at radius 1 is 1.26 bits per heavy atom. The zero-order valence-electron chi connectivity index (χ0n) is 10.3. The maximum atomic E-state index is 5.88. The molecule has 0 spiro atoms. The molecule has 1 atom stereocenters. The molecule has 0 saturated heterocycles. The Labute approximate surface area is 116 Å². The second-order valence-electron chi connectivity index (χ2n) is 4.62. The van der Waals surface area contributed by atoms with Crippen LogP contribution in [-0.2, 0) is 0 Å². The van der Waals surface area contributed by atoms with E-state index in [1.165, 1.54) is 0 Å². The summed E-state index contributed by atoms with van der Waals surface area (Å²) in [5, 5.41) is 8.19. The summed E-state index contributed by atoms with van der Waals surface area (Å²) in [7, 11) is 0. The van der Waals surface area contributed by atoms with Crippen LogP contribution >= 0.6 is 11.6 Å². The van der Waals surface area contributed by atoms with Crippen LogP contribution < -0.4 is 5.73 Å². The Bertz CT molecular complexity index is 638. The predicted octanol–water partition coefficient (Wildman–Crippen LogP) is 3.62. The van der Waals surface area contributed by atoms with Crippen LogP contribution in [-0.4, -0.2) is 10.2 Å². The van der Waals surface area contributed by atoms with Crippen molar-refractivity contribution in [2.75, 3.05) is 0 Å². The lowest BCUT2D eigenvalue weighted by molar-refractivity contribution is 0.797. The second kappa shape index (κ2) is 4.94. The number of aromatic nitrogens is 2. The van der Waals surface area contributed by atoms with Crippen molar-refractivity contribution in [3.05, 3.63) is 65.0 Å². The molecule has 0 amide bonds. The fourth-order valence-electron chi connectivity index (χ4n) is 2.16. The van der Waals surface area contributed by atoms with Crippen LogP contribution in [0.15, 0.2) is 54.3 Å². The van der Waals surface area contributed by atoms with E-state index in [-0.39, 0.29) is 0 Å². The first kappa shape index (κ1) is 12.1. The number of aromatic amines is 1. The largest absolute Gasteiger partial charge is 0.399 e. The van der Waals surface area contributed by atoms with E-state index in [4.69, 9.17) is 17.3 Å². The topological polar surface area (TPSA) is 54.7 Å². The van der Waals surface area contributed by atoms with Gasteiger partial charge in [0.1, 0.15) is 0 Å². The number of halogens is 1. The summed E-state index contributed by atoms with van der Waals surface area (Å²) in [6, 6.07) is 9.76. The van der Waals surface area contributed by atoms with E-state index in [2.05, 4.69) is 22.3 Å². The van der Waals surface area contributed by atoms with Crippen molar-refractivity contribution < 1.29 is 0 Å². The van der Waals surface area contributed by atoms with E-state index in [0.717, 1.165) is 34.1 Å².